The minimum Gasteiger partial charge on any atom is -0.341 e. The second kappa shape index (κ2) is 8.30. The third-order valence-corrected chi connectivity index (χ3v) is 5.03. The van der Waals surface area contributed by atoms with Gasteiger partial charge < -0.3 is 9.88 Å². The van der Waals surface area contributed by atoms with Gasteiger partial charge in [-0.05, 0) is 49.0 Å². The fourth-order valence-electron chi connectivity index (χ4n) is 3.55. The summed E-state index contributed by atoms with van der Waals surface area (Å²) in [5.41, 5.74) is 6.27. The summed E-state index contributed by atoms with van der Waals surface area (Å²) >= 11 is 5.19. The number of para-hydroxylation sites is 3. The lowest BCUT2D eigenvalue weighted by Crippen LogP contribution is -2.24. The van der Waals surface area contributed by atoms with Crippen molar-refractivity contribution >= 4 is 56.7 Å². The molecular weight excluding hydrogens is 398 g/mol. The minimum absolute atomic E-state index is 0.0524. The largest absolute Gasteiger partial charge is 0.341 e. The van der Waals surface area contributed by atoms with Crippen LogP contribution in [-0.4, -0.2) is 20.8 Å². The van der Waals surface area contributed by atoms with Crippen LogP contribution in [0.5, 0.6) is 0 Å². The first kappa shape index (κ1) is 19.5. The van der Waals surface area contributed by atoms with E-state index in [0.29, 0.717) is 5.69 Å². The quantitative estimate of drug-likeness (QED) is 0.206. The Bertz CT molecular complexity index is 1300. The van der Waals surface area contributed by atoms with Gasteiger partial charge in [-0.15, -0.1) is 0 Å². The molecule has 0 aliphatic carbocycles. The van der Waals surface area contributed by atoms with Crippen molar-refractivity contribution in [2.75, 3.05) is 5.32 Å². The van der Waals surface area contributed by atoms with Crippen molar-refractivity contribution in [3.05, 3.63) is 82.4 Å². The number of rotatable bonds is 5. The van der Waals surface area contributed by atoms with Crippen molar-refractivity contribution in [3.8, 4) is 0 Å². The van der Waals surface area contributed by atoms with E-state index in [4.69, 9.17) is 12.2 Å². The normalized spacial score (nSPS) is 11.2. The van der Waals surface area contributed by atoms with Gasteiger partial charge in [-0.1, -0.05) is 36.4 Å². The number of aromatic nitrogens is 1. The molecule has 4 rings (SSSR count). The molecule has 150 valence electrons. The second-order valence-corrected chi connectivity index (χ2v) is 7.04. The maximum atomic E-state index is 11.1. The van der Waals surface area contributed by atoms with Crippen molar-refractivity contribution in [3.63, 3.8) is 0 Å². The zero-order valence-electron chi connectivity index (χ0n) is 16.2. The average molecular weight is 417 g/mol. The molecule has 0 radical (unpaired) electrons. The number of aryl methyl sites for hydroxylation is 1. The molecule has 8 heteroatoms. The summed E-state index contributed by atoms with van der Waals surface area (Å²) in [4.78, 5) is 10.6. The van der Waals surface area contributed by atoms with Crippen LogP contribution in [0.1, 0.15) is 12.5 Å². The molecule has 0 atom stereocenters. The molecule has 0 amide bonds. The number of nitrogens with zero attached hydrogens (tertiary/aromatic N) is 3. The first-order valence-electron chi connectivity index (χ1n) is 9.43. The lowest BCUT2D eigenvalue weighted by Gasteiger charge is -2.07. The smallest absolute Gasteiger partial charge is 0.292 e. The fourth-order valence-corrected chi connectivity index (χ4v) is 3.71. The Hall–Kier alpha value is -3.78. The van der Waals surface area contributed by atoms with E-state index in [1.165, 1.54) is 22.5 Å². The number of hydrogen-bond donors (Lipinski definition) is 2. The van der Waals surface area contributed by atoms with Crippen LogP contribution in [-0.2, 0) is 6.54 Å². The van der Waals surface area contributed by atoms with Crippen molar-refractivity contribution in [2.45, 2.75) is 13.5 Å². The molecule has 1 heterocycles. The topological polar surface area (TPSA) is 84.5 Å². The molecule has 3 aromatic carbocycles. The monoisotopic (exact) mass is 417 g/mol. The Balaban J connectivity index is 1.53. The average Bonchev–Trinajstić information content (AvgIpc) is 3.07. The van der Waals surface area contributed by atoms with Crippen LogP contribution in [0.2, 0.25) is 0 Å². The standard InChI is InChI=1S/C22H19N5O2S/c1-2-26-19-9-5-3-7-16(19)17-13-15(11-12-20(17)26)14-23-25-22(30)24-18-8-4-6-10-21(18)27(28)29/h3-14H,2H2,1H3,(H2,24,25,30)/b23-14-. The van der Waals surface area contributed by atoms with Crippen LogP contribution >= 0.6 is 12.2 Å². The molecule has 0 saturated heterocycles. The Morgan fingerprint density at radius 2 is 1.83 bits per heavy atom. The van der Waals surface area contributed by atoms with Gasteiger partial charge in [0.1, 0.15) is 5.69 Å². The zero-order valence-corrected chi connectivity index (χ0v) is 17.0. The Morgan fingerprint density at radius 3 is 2.63 bits per heavy atom. The summed E-state index contributed by atoms with van der Waals surface area (Å²) in [5.74, 6) is 0. The molecule has 0 saturated carbocycles. The van der Waals surface area contributed by atoms with Crippen LogP contribution < -0.4 is 10.7 Å². The number of thiocarbonyl (C=S) groups is 1. The van der Waals surface area contributed by atoms with E-state index < -0.39 is 4.92 Å². The van der Waals surface area contributed by atoms with E-state index >= 15 is 0 Å². The molecule has 4 aromatic rings. The molecule has 0 unspecified atom stereocenters. The molecule has 2 N–H and O–H groups in total. The van der Waals surface area contributed by atoms with Crippen molar-refractivity contribution in [1.82, 2.24) is 9.99 Å². The summed E-state index contributed by atoms with van der Waals surface area (Å²) in [6, 6.07) is 20.8. The lowest BCUT2D eigenvalue weighted by molar-refractivity contribution is -0.383. The maximum Gasteiger partial charge on any atom is 0.292 e. The van der Waals surface area contributed by atoms with Crippen molar-refractivity contribution < 1.29 is 4.92 Å². The molecular formula is C22H19N5O2S. The number of nitrogens with one attached hydrogen (secondary N) is 2. The summed E-state index contributed by atoms with van der Waals surface area (Å²) in [5, 5.41) is 20.6. The Labute approximate surface area is 178 Å². The highest BCUT2D eigenvalue weighted by molar-refractivity contribution is 7.80. The zero-order chi connectivity index (χ0) is 21.1. The minimum atomic E-state index is -0.462. The molecule has 7 nitrogen and oxygen atoms in total. The van der Waals surface area contributed by atoms with Gasteiger partial charge in [0.25, 0.3) is 5.69 Å². The Morgan fingerprint density at radius 1 is 1.10 bits per heavy atom. The highest BCUT2D eigenvalue weighted by Gasteiger charge is 2.13. The van der Waals surface area contributed by atoms with E-state index in [1.807, 2.05) is 18.2 Å². The third-order valence-electron chi connectivity index (χ3n) is 4.84. The second-order valence-electron chi connectivity index (χ2n) is 6.64. The van der Waals surface area contributed by atoms with Gasteiger partial charge in [0, 0.05) is 34.4 Å². The van der Waals surface area contributed by atoms with Crippen LogP contribution in [0.3, 0.4) is 0 Å². The van der Waals surface area contributed by atoms with E-state index in [2.05, 4.69) is 51.6 Å². The van der Waals surface area contributed by atoms with Crippen molar-refractivity contribution in [2.24, 2.45) is 5.10 Å². The molecule has 0 bridgehead atoms. The summed E-state index contributed by atoms with van der Waals surface area (Å²) in [6.07, 6.45) is 1.67. The number of fused-ring (bicyclic) bond motifs is 3. The van der Waals surface area contributed by atoms with E-state index in [-0.39, 0.29) is 10.8 Å². The molecule has 1 aromatic heterocycles. The number of nitro benzene ring substituents is 1. The summed E-state index contributed by atoms with van der Waals surface area (Å²) in [6.45, 7) is 3.03. The summed E-state index contributed by atoms with van der Waals surface area (Å²) < 4.78 is 2.29. The van der Waals surface area contributed by atoms with E-state index in [0.717, 1.165) is 17.5 Å². The third kappa shape index (κ3) is 3.72. The van der Waals surface area contributed by atoms with Crippen LogP contribution in [0.25, 0.3) is 21.8 Å². The number of hydrazone groups is 1. The molecule has 0 fully saturated rings. The van der Waals surface area contributed by atoms with Gasteiger partial charge in [0.2, 0.25) is 0 Å². The van der Waals surface area contributed by atoms with Gasteiger partial charge in [-0.25, -0.2) is 0 Å². The van der Waals surface area contributed by atoms with E-state index in [1.54, 1.807) is 24.4 Å². The van der Waals surface area contributed by atoms with Crippen molar-refractivity contribution in [1.29, 1.82) is 0 Å². The number of benzene rings is 3. The highest BCUT2D eigenvalue weighted by atomic mass is 32.1. The van der Waals surface area contributed by atoms with Crippen LogP contribution in [0.15, 0.2) is 71.8 Å². The molecule has 0 spiro atoms. The van der Waals surface area contributed by atoms with Gasteiger partial charge in [-0.3, -0.25) is 15.5 Å². The van der Waals surface area contributed by atoms with Crippen LogP contribution in [0.4, 0.5) is 11.4 Å². The van der Waals surface area contributed by atoms with Gasteiger partial charge >= 0.3 is 0 Å². The lowest BCUT2D eigenvalue weighted by atomic mass is 10.1. The molecule has 0 aliphatic rings. The first-order valence-corrected chi connectivity index (χ1v) is 9.83. The predicted octanol–water partition coefficient (Wildman–Crippen LogP) is 5.04. The Kier molecular flexibility index (Phi) is 5.40. The molecule has 30 heavy (non-hydrogen) atoms. The number of hydrogen-bond acceptors (Lipinski definition) is 4. The SMILES string of the molecule is CCn1c2ccccc2c2cc(/C=N\NC(=S)Nc3ccccc3[N+](=O)[O-])ccc21. The fraction of sp³-hybridized carbons (Fsp3) is 0.0909. The van der Waals surface area contributed by atoms with Gasteiger partial charge in [-0.2, -0.15) is 5.10 Å². The van der Waals surface area contributed by atoms with E-state index in [9.17, 15) is 10.1 Å². The van der Waals surface area contributed by atoms with Gasteiger partial charge in [0.05, 0.1) is 11.1 Å². The molecule has 0 aliphatic heterocycles. The predicted molar refractivity (Wildman–Crippen MR) is 125 cm³/mol. The maximum absolute atomic E-state index is 11.1. The van der Waals surface area contributed by atoms with Crippen LogP contribution in [0, 0.1) is 10.1 Å². The number of anilines is 1. The first-order chi connectivity index (χ1) is 14.6. The van der Waals surface area contributed by atoms with Gasteiger partial charge in [0.15, 0.2) is 5.11 Å². The number of nitro groups is 1. The highest BCUT2D eigenvalue weighted by Crippen LogP contribution is 2.29. The summed E-state index contributed by atoms with van der Waals surface area (Å²) in [7, 11) is 0.